The lowest BCUT2D eigenvalue weighted by Gasteiger charge is -2.25. The van der Waals surface area contributed by atoms with Crippen LogP contribution in [0.5, 0.6) is 0 Å². The number of hydrogen-bond acceptors (Lipinski definition) is 3. The van der Waals surface area contributed by atoms with E-state index in [2.05, 4.69) is 4.98 Å². The first-order chi connectivity index (χ1) is 8.44. The molecule has 3 N–H and O–H groups in total. The molecule has 0 fully saturated rings. The number of halogens is 2. The minimum atomic E-state index is -1.75. The number of benzene rings is 1. The van der Waals surface area contributed by atoms with E-state index < -0.39 is 17.2 Å². The number of nitrogens with zero attached hydrogens (tertiary/aromatic N) is 1. The zero-order valence-corrected chi connectivity index (χ0v) is 9.69. The third kappa shape index (κ3) is 1.93. The van der Waals surface area contributed by atoms with Gasteiger partial charge >= 0.3 is 0 Å². The predicted octanol–water partition coefficient (Wildman–Crippen LogP) is 2.20. The summed E-state index contributed by atoms with van der Waals surface area (Å²) in [5, 5.41) is 10.4. The van der Waals surface area contributed by atoms with Gasteiger partial charge < -0.3 is 10.8 Å². The van der Waals surface area contributed by atoms with E-state index in [1.807, 2.05) is 0 Å². The van der Waals surface area contributed by atoms with Gasteiger partial charge in [-0.2, -0.15) is 0 Å². The van der Waals surface area contributed by atoms with E-state index in [0.29, 0.717) is 0 Å². The van der Waals surface area contributed by atoms with Gasteiger partial charge in [0.25, 0.3) is 0 Å². The molecule has 1 aromatic heterocycles. The lowest BCUT2D eigenvalue weighted by atomic mass is 9.88. The maximum Gasteiger partial charge on any atom is 0.165 e. The van der Waals surface area contributed by atoms with Crippen LogP contribution in [0.15, 0.2) is 36.7 Å². The molecule has 0 saturated heterocycles. The molecule has 0 radical (unpaired) electrons. The number of rotatable bonds is 2. The average Bonchev–Trinajstić information content (AvgIpc) is 2.32. The summed E-state index contributed by atoms with van der Waals surface area (Å²) in [5.41, 5.74) is 4.29. The van der Waals surface area contributed by atoms with E-state index in [1.165, 1.54) is 37.5 Å². The van der Waals surface area contributed by atoms with Gasteiger partial charge in [-0.3, -0.25) is 4.98 Å². The highest BCUT2D eigenvalue weighted by Crippen LogP contribution is 2.34. The van der Waals surface area contributed by atoms with Crippen molar-refractivity contribution in [3.63, 3.8) is 0 Å². The maximum atomic E-state index is 13.7. The van der Waals surface area contributed by atoms with Crippen molar-refractivity contribution in [3.8, 4) is 0 Å². The third-order valence-electron chi connectivity index (χ3n) is 2.86. The smallest absolute Gasteiger partial charge is 0.165 e. The van der Waals surface area contributed by atoms with Crippen LogP contribution in [0.1, 0.15) is 18.1 Å². The minimum Gasteiger partial charge on any atom is -0.398 e. The molecular formula is C13H12F2N2O. The van der Waals surface area contributed by atoms with Gasteiger partial charge in [0.15, 0.2) is 11.6 Å². The number of pyridine rings is 1. The number of hydrogen-bond donors (Lipinski definition) is 2. The van der Waals surface area contributed by atoms with E-state index in [4.69, 9.17) is 5.73 Å². The Balaban J connectivity index is 2.62. The van der Waals surface area contributed by atoms with Crippen molar-refractivity contribution in [3.05, 3.63) is 59.4 Å². The van der Waals surface area contributed by atoms with E-state index in [0.717, 1.165) is 6.07 Å². The van der Waals surface area contributed by atoms with E-state index in [1.54, 1.807) is 0 Å². The molecule has 18 heavy (non-hydrogen) atoms. The van der Waals surface area contributed by atoms with Crippen LogP contribution in [0.25, 0.3) is 0 Å². The lowest BCUT2D eigenvalue weighted by Crippen LogP contribution is -2.26. The highest BCUT2D eigenvalue weighted by Gasteiger charge is 2.31. The highest BCUT2D eigenvalue weighted by atomic mass is 19.2. The lowest BCUT2D eigenvalue weighted by molar-refractivity contribution is 0.0974. The van der Waals surface area contributed by atoms with Crippen LogP contribution in [0.2, 0.25) is 0 Å². The molecule has 3 nitrogen and oxygen atoms in total. The Morgan fingerprint density at radius 3 is 2.61 bits per heavy atom. The summed E-state index contributed by atoms with van der Waals surface area (Å²) in [6.45, 7) is 1.35. The van der Waals surface area contributed by atoms with Crippen LogP contribution in [0.4, 0.5) is 14.5 Å². The first kappa shape index (κ1) is 12.4. The van der Waals surface area contributed by atoms with Gasteiger partial charge in [-0.25, -0.2) is 8.78 Å². The highest BCUT2D eigenvalue weighted by molar-refractivity contribution is 5.51. The molecule has 0 saturated carbocycles. The van der Waals surface area contributed by atoms with Crippen molar-refractivity contribution in [1.29, 1.82) is 0 Å². The molecule has 0 aliphatic heterocycles. The zero-order valence-electron chi connectivity index (χ0n) is 9.69. The number of anilines is 1. The van der Waals surface area contributed by atoms with Crippen LogP contribution in [-0.2, 0) is 5.60 Å². The van der Waals surface area contributed by atoms with Crippen LogP contribution >= 0.6 is 0 Å². The molecule has 0 aliphatic carbocycles. The minimum absolute atomic E-state index is 0.179. The van der Waals surface area contributed by atoms with Crippen LogP contribution in [0, 0.1) is 11.6 Å². The van der Waals surface area contributed by atoms with Gasteiger partial charge in [-0.1, -0.05) is 12.1 Å². The molecule has 94 valence electrons. The Morgan fingerprint density at radius 2 is 1.94 bits per heavy atom. The van der Waals surface area contributed by atoms with E-state index >= 15 is 0 Å². The second-order valence-corrected chi connectivity index (χ2v) is 4.14. The Bertz CT molecular complexity index is 585. The summed E-state index contributed by atoms with van der Waals surface area (Å²) in [6.07, 6.45) is 2.79. The number of nitrogen functional groups attached to an aromatic ring is 1. The van der Waals surface area contributed by atoms with Gasteiger partial charge in [0.1, 0.15) is 5.60 Å². The van der Waals surface area contributed by atoms with Crippen molar-refractivity contribution in [1.82, 2.24) is 4.98 Å². The summed E-state index contributed by atoms with van der Waals surface area (Å²) in [4.78, 5) is 3.83. The fourth-order valence-corrected chi connectivity index (χ4v) is 1.84. The first-order valence-electron chi connectivity index (χ1n) is 5.31. The van der Waals surface area contributed by atoms with Crippen LogP contribution in [0.3, 0.4) is 0 Å². The topological polar surface area (TPSA) is 59.1 Å². The van der Waals surface area contributed by atoms with Crippen LogP contribution < -0.4 is 5.73 Å². The number of nitrogens with two attached hydrogens (primary N) is 1. The van der Waals surface area contributed by atoms with Crippen molar-refractivity contribution in [2.75, 3.05) is 5.73 Å². The van der Waals surface area contributed by atoms with Gasteiger partial charge in [0.2, 0.25) is 0 Å². The van der Waals surface area contributed by atoms with Gasteiger partial charge in [0, 0.05) is 29.2 Å². The standard InChI is InChI=1S/C13H12F2N2O/c1-13(18,9-7-17-6-5-11(9)16)8-3-2-4-10(14)12(8)15/h2-7,18H,1H3,(H2,16,17). The first-order valence-corrected chi connectivity index (χ1v) is 5.31. The summed E-state index contributed by atoms with van der Waals surface area (Å²) in [6, 6.07) is 5.11. The molecule has 0 bridgehead atoms. The molecule has 1 unspecified atom stereocenters. The SMILES string of the molecule is CC(O)(c1cnccc1N)c1cccc(F)c1F. The molecule has 1 heterocycles. The molecule has 0 aliphatic rings. The van der Waals surface area contributed by atoms with Crippen molar-refractivity contribution >= 4 is 5.69 Å². The Kier molecular flexibility index (Phi) is 3.00. The van der Waals surface area contributed by atoms with Crippen molar-refractivity contribution in [2.45, 2.75) is 12.5 Å². The summed E-state index contributed by atoms with van der Waals surface area (Å²) < 4.78 is 26.9. The molecule has 1 atom stereocenters. The quantitative estimate of drug-likeness (QED) is 0.859. The fourth-order valence-electron chi connectivity index (χ4n) is 1.84. The van der Waals surface area contributed by atoms with Crippen LogP contribution in [-0.4, -0.2) is 10.1 Å². The molecule has 0 amide bonds. The maximum absolute atomic E-state index is 13.7. The molecule has 2 aromatic rings. The Labute approximate surface area is 103 Å². The third-order valence-corrected chi connectivity index (χ3v) is 2.86. The monoisotopic (exact) mass is 250 g/mol. The van der Waals surface area contributed by atoms with Gasteiger partial charge in [-0.05, 0) is 19.1 Å². The molecule has 1 aromatic carbocycles. The Hall–Kier alpha value is -2.01. The molecule has 5 heteroatoms. The van der Waals surface area contributed by atoms with Crippen molar-refractivity contribution in [2.24, 2.45) is 0 Å². The summed E-state index contributed by atoms with van der Waals surface area (Å²) in [5.74, 6) is -2.11. The normalized spacial score (nSPS) is 14.2. The largest absolute Gasteiger partial charge is 0.398 e. The molecule has 2 rings (SSSR count). The van der Waals surface area contributed by atoms with Gasteiger partial charge in [0.05, 0.1) is 0 Å². The number of aliphatic hydroxyl groups is 1. The van der Waals surface area contributed by atoms with Gasteiger partial charge in [-0.15, -0.1) is 0 Å². The second-order valence-electron chi connectivity index (χ2n) is 4.14. The number of aromatic nitrogens is 1. The fraction of sp³-hybridized carbons (Fsp3) is 0.154. The molecular weight excluding hydrogens is 238 g/mol. The predicted molar refractivity (Wildman–Crippen MR) is 63.7 cm³/mol. The molecule has 0 spiro atoms. The van der Waals surface area contributed by atoms with Crippen molar-refractivity contribution < 1.29 is 13.9 Å². The zero-order chi connectivity index (χ0) is 13.3. The summed E-state index contributed by atoms with van der Waals surface area (Å²) >= 11 is 0. The summed E-state index contributed by atoms with van der Waals surface area (Å²) in [7, 11) is 0. The van der Waals surface area contributed by atoms with E-state index in [9.17, 15) is 13.9 Å². The second kappa shape index (κ2) is 4.34. The average molecular weight is 250 g/mol. The van der Waals surface area contributed by atoms with E-state index in [-0.39, 0.29) is 16.8 Å². The Morgan fingerprint density at radius 1 is 1.22 bits per heavy atom.